The molecular weight excluding hydrogens is 308 g/mol. The number of anilines is 1. The average Bonchev–Trinajstić information content (AvgIpc) is 2.57. The van der Waals surface area contributed by atoms with Crippen molar-refractivity contribution in [3.05, 3.63) is 29.8 Å². The number of hydrogen-bond acceptors (Lipinski definition) is 2. The van der Waals surface area contributed by atoms with Gasteiger partial charge in [0.15, 0.2) is 0 Å². The second-order valence-electron chi connectivity index (χ2n) is 9.09. The Labute approximate surface area is 152 Å². The van der Waals surface area contributed by atoms with E-state index in [2.05, 4.69) is 43.4 Å². The van der Waals surface area contributed by atoms with Crippen molar-refractivity contribution in [2.75, 3.05) is 5.32 Å². The van der Waals surface area contributed by atoms with Crippen LogP contribution in [0.4, 0.5) is 5.69 Å². The molecule has 2 saturated carbocycles. The van der Waals surface area contributed by atoms with Crippen LogP contribution in [-0.2, 0) is 4.79 Å². The van der Waals surface area contributed by atoms with E-state index in [1.807, 2.05) is 0 Å². The van der Waals surface area contributed by atoms with E-state index in [0.29, 0.717) is 23.8 Å². The van der Waals surface area contributed by atoms with Crippen molar-refractivity contribution < 1.29 is 4.79 Å². The van der Waals surface area contributed by atoms with Crippen LogP contribution >= 0.6 is 0 Å². The number of amides is 1. The Morgan fingerprint density at radius 2 is 1.64 bits per heavy atom. The van der Waals surface area contributed by atoms with Gasteiger partial charge in [-0.25, -0.2) is 0 Å². The van der Waals surface area contributed by atoms with E-state index in [9.17, 15) is 4.79 Å². The molecule has 0 radical (unpaired) electrons. The lowest BCUT2D eigenvalue weighted by Gasteiger charge is -2.34. The predicted octanol–water partition coefficient (Wildman–Crippen LogP) is 5.22. The Bertz CT molecular complexity index is 560. The van der Waals surface area contributed by atoms with Crippen molar-refractivity contribution in [2.24, 2.45) is 17.1 Å². The van der Waals surface area contributed by atoms with Gasteiger partial charge < -0.3 is 11.1 Å². The highest BCUT2D eigenvalue weighted by Crippen LogP contribution is 2.42. The SMILES string of the molecule is CC1(C)CCC(c2ccc(NC3CCC(CC(N)=O)CC3)cc2)CC1. The summed E-state index contributed by atoms with van der Waals surface area (Å²) in [6, 6.07) is 9.69. The third kappa shape index (κ3) is 5.23. The molecule has 25 heavy (non-hydrogen) atoms. The highest BCUT2D eigenvalue weighted by atomic mass is 16.1. The fourth-order valence-corrected chi connectivity index (χ4v) is 4.62. The number of hydrogen-bond donors (Lipinski definition) is 2. The third-order valence-corrected chi connectivity index (χ3v) is 6.43. The smallest absolute Gasteiger partial charge is 0.217 e. The third-order valence-electron chi connectivity index (χ3n) is 6.43. The summed E-state index contributed by atoms with van der Waals surface area (Å²) in [7, 11) is 0. The average molecular weight is 343 g/mol. The van der Waals surface area contributed by atoms with E-state index in [1.54, 1.807) is 0 Å². The molecule has 2 fully saturated rings. The quantitative estimate of drug-likeness (QED) is 0.771. The molecule has 0 saturated heterocycles. The molecule has 2 aliphatic carbocycles. The summed E-state index contributed by atoms with van der Waals surface area (Å²) in [5, 5.41) is 3.68. The van der Waals surface area contributed by atoms with E-state index in [1.165, 1.54) is 36.9 Å². The van der Waals surface area contributed by atoms with Crippen LogP contribution in [0.5, 0.6) is 0 Å². The van der Waals surface area contributed by atoms with Gasteiger partial charge in [-0.1, -0.05) is 26.0 Å². The minimum atomic E-state index is -0.155. The van der Waals surface area contributed by atoms with Gasteiger partial charge >= 0.3 is 0 Å². The molecule has 0 unspecified atom stereocenters. The number of carbonyl (C=O) groups is 1. The molecule has 3 heteroatoms. The van der Waals surface area contributed by atoms with Crippen molar-refractivity contribution in [1.29, 1.82) is 0 Å². The molecule has 0 heterocycles. The van der Waals surface area contributed by atoms with Gasteiger partial charge in [-0.15, -0.1) is 0 Å². The summed E-state index contributed by atoms with van der Waals surface area (Å²) in [6.07, 6.45) is 10.4. The maximum absolute atomic E-state index is 11.0. The Kier molecular flexibility index (Phi) is 5.71. The zero-order chi connectivity index (χ0) is 17.9. The number of primary amides is 1. The van der Waals surface area contributed by atoms with Crippen LogP contribution in [0.3, 0.4) is 0 Å². The van der Waals surface area contributed by atoms with Gasteiger partial charge in [0.2, 0.25) is 5.91 Å². The molecule has 3 N–H and O–H groups in total. The Morgan fingerprint density at radius 3 is 2.20 bits per heavy atom. The molecule has 2 aliphatic rings. The summed E-state index contributed by atoms with van der Waals surface area (Å²) in [4.78, 5) is 11.0. The van der Waals surface area contributed by atoms with Gasteiger partial charge in [-0.3, -0.25) is 4.79 Å². The number of nitrogens with two attached hydrogens (primary N) is 1. The van der Waals surface area contributed by atoms with E-state index >= 15 is 0 Å². The summed E-state index contributed by atoms with van der Waals surface area (Å²) in [5.74, 6) is 1.08. The monoisotopic (exact) mass is 342 g/mol. The Balaban J connectivity index is 1.48. The zero-order valence-electron chi connectivity index (χ0n) is 15.9. The maximum atomic E-state index is 11.0. The molecule has 138 valence electrons. The van der Waals surface area contributed by atoms with Crippen molar-refractivity contribution >= 4 is 11.6 Å². The van der Waals surface area contributed by atoms with Gasteiger partial charge in [0.05, 0.1) is 0 Å². The minimum Gasteiger partial charge on any atom is -0.382 e. The first-order chi connectivity index (χ1) is 11.9. The summed E-state index contributed by atoms with van der Waals surface area (Å²) >= 11 is 0. The molecular formula is C22H34N2O. The summed E-state index contributed by atoms with van der Waals surface area (Å²) in [5.41, 5.74) is 8.59. The van der Waals surface area contributed by atoms with E-state index in [-0.39, 0.29) is 5.91 Å². The van der Waals surface area contributed by atoms with Crippen LogP contribution in [0.25, 0.3) is 0 Å². The maximum Gasteiger partial charge on any atom is 0.217 e. The van der Waals surface area contributed by atoms with Gasteiger partial charge in [0.25, 0.3) is 0 Å². The lowest BCUT2D eigenvalue weighted by Crippen LogP contribution is -2.28. The first kappa shape index (κ1) is 18.3. The van der Waals surface area contributed by atoms with E-state index in [0.717, 1.165) is 31.6 Å². The standard InChI is InChI=1S/C22H34N2O/c1-22(2)13-11-18(12-14-22)17-5-9-20(10-6-17)24-19-7-3-16(4-8-19)15-21(23)25/h5-6,9-10,16,18-19,24H,3-4,7-8,11-15H2,1-2H3,(H2,23,25). The number of rotatable bonds is 5. The topological polar surface area (TPSA) is 55.1 Å². The number of nitrogens with one attached hydrogen (secondary N) is 1. The first-order valence-corrected chi connectivity index (χ1v) is 10.1. The van der Waals surface area contributed by atoms with Gasteiger partial charge in [-0.2, -0.15) is 0 Å². The lowest BCUT2D eigenvalue weighted by atomic mass is 9.71. The molecule has 0 atom stereocenters. The number of carbonyl (C=O) groups excluding carboxylic acids is 1. The molecule has 0 aliphatic heterocycles. The van der Waals surface area contributed by atoms with Gasteiger partial charge in [0.1, 0.15) is 0 Å². The molecule has 1 aromatic rings. The van der Waals surface area contributed by atoms with E-state index < -0.39 is 0 Å². The fourth-order valence-electron chi connectivity index (χ4n) is 4.62. The zero-order valence-corrected chi connectivity index (χ0v) is 15.9. The van der Waals surface area contributed by atoms with Crippen LogP contribution in [0.15, 0.2) is 24.3 Å². The normalized spacial score (nSPS) is 27.0. The second kappa shape index (κ2) is 7.80. The second-order valence-corrected chi connectivity index (χ2v) is 9.09. The van der Waals surface area contributed by atoms with Crippen molar-refractivity contribution in [3.8, 4) is 0 Å². The fraction of sp³-hybridized carbons (Fsp3) is 0.682. The van der Waals surface area contributed by atoms with Crippen LogP contribution in [0.1, 0.15) is 83.1 Å². The van der Waals surface area contributed by atoms with E-state index in [4.69, 9.17) is 5.73 Å². The van der Waals surface area contributed by atoms with Crippen LogP contribution in [-0.4, -0.2) is 11.9 Å². The Hall–Kier alpha value is -1.51. The van der Waals surface area contributed by atoms with Crippen molar-refractivity contribution in [2.45, 2.75) is 83.6 Å². The Morgan fingerprint density at radius 1 is 1.04 bits per heavy atom. The van der Waals surface area contributed by atoms with Crippen LogP contribution in [0.2, 0.25) is 0 Å². The molecule has 1 aromatic carbocycles. The largest absolute Gasteiger partial charge is 0.382 e. The molecule has 1 amide bonds. The molecule has 0 spiro atoms. The van der Waals surface area contributed by atoms with Crippen molar-refractivity contribution in [1.82, 2.24) is 0 Å². The summed E-state index contributed by atoms with van der Waals surface area (Å²) < 4.78 is 0. The minimum absolute atomic E-state index is 0.155. The molecule has 3 nitrogen and oxygen atoms in total. The highest BCUT2D eigenvalue weighted by Gasteiger charge is 2.27. The highest BCUT2D eigenvalue weighted by molar-refractivity contribution is 5.74. The molecule has 0 bridgehead atoms. The summed E-state index contributed by atoms with van der Waals surface area (Å²) in [6.45, 7) is 4.79. The van der Waals surface area contributed by atoms with Crippen LogP contribution in [0, 0.1) is 11.3 Å². The van der Waals surface area contributed by atoms with Gasteiger partial charge in [0, 0.05) is 18.2 Å². The molecule has 3 rings (SSSR count). The predicted molar refractivity (Wildman–Crippen MR) is 105 cm³/mol. The van der Waals surface area contributed by atoms with Crippen LogP contribution < -0.4 is 11.1 Å². The van der Waals surface area contributed by atoms with Crippen molar-refractivity contribution in [3.63, 3.8) is 0 Å². The number of benzene rings is 1. The lowest BCUT2D eigenvalue weighted by molar-refractivity contribution is -0.119. The van der Waals surface area contributed by atoms with Gasteiger partial charge in [-0.05, 0) is 86.3 Å². The first-order valence-electron chi connectivity index (χ1n) is 10.1. The molecule has 0 aromatic heterocycles.